The molecule has 0 saturated carbocycles. The number of nitrogens with one attached hydrogen (secondary N) is 1. The summed E-state index contributed by atoms with van der Waals surface area (Å²) in [6, 6.07) is 5.09. The number of aliphatic imine (C=N–C) groups is 1. The van der Waals surface area contributed by atoms with Crippen LogP contribution < -0.4 is 15.0 Å². The molecule has 1 aliphatic heterocycles. The molecule has 0 bridgehead atoms. The minimum absolute atomic E-state index is 0.0551. The Bertz CT molecular complexity index is 824. The highest BCUT2D eigenvalue weighted by atomic mass is 19.4. The number of hydrogen-bond donors (Lipinski definition) is 1. The molecule has 3 rings (SSSR count). The zero-order valence-electron chi connectivity index (χ0n) is 16.6. The maximum absolute atomic E-state index is 12.5. The van der Waals surface area contributed by atoms with Crippen molar-refractivity contribution < 1.29 is 17.9 Å². The van der Waals surface area contributed by atoms with Gasteiger partial charge in [-0.05, 0) is 19.1 Å². The van der Waals surface area contributed by atoms with Crippen molar-refractivity contribution in [1.82, 2.24) is 25.2 Å². The molecule has 1 fully saturated rings. The summed E-state index contributed by atoms with van der Waals surface area (Å²) in [5.41, 5.74) is 0.494. The molecule has 0 radical (unpaired) electrons. The van der Waals surface area contributed by atoms with Crippen molar-refractivity contribution >= 4 is 11.9 Å². The quantitative estimate of drug-likeness (QED) is 0.563. The van der Waals surface area contributed by atoms with Gasteiger partial charge in [0.05, 0.1) is 6.54 Å². The fourth-order valence-corrected chi connectivity index (χ4v) is 2.98. The Morgan fingerprint density at radius 1 is 1.10 bits per heavy atom. The predicted octanol–water partition coefficient (Wildman–Crippen LogP) is 2.10. The maximum Gasteiger partial charge on any atom is 0.422 e. The molecule has 0 aromatic carbocycles. The average Bonchev–Trinajstić information content (AvgIpc) is 2.76. The number of halogens is 3. The molecule has 30 heavy (non-hydrogen) atoms. The number of piperazine rings is 1. The van der Waals surface area contributed by atoms with E-state index in [2.05, 4.69) is 35.1 Å². The second-order valence-electron chi connectivity index (χ2n) is 6.56. The standard InChI is InChI=1S/C19H24F3N7O/c1-2-23-17(28-9-11-29(12-10-28)18-25-7-4-8-26-18)27-13-15-5-3-6-24-16(15)30-14-19(20,21)22/h3-8H,2,9-14H2,1H3,(H,23,27). The molecule has 1 N–H and O–H groups in total. The molecular formula is C19H24F3N7O. The second-order valence-corrected chi connectivity index (χ2v) is 6.56. The Hall–Kier alpha value is -3.11. The summed E-state index contributed by atoms with van der Waals surface area (Å²) in [7, 11) is 0. The van der Waals surface area contributed by atoms with E-state index < -0.39 is 12.8 Å². The van der Waals surface area contributed by atoms with Crippen molar-refractivity contribution in [1.29, 1.82) is 0 Å². The Labute approximate surface area is 172 Å². The number of pyridine rings is 1. The van der Waals surface area contributed by atoms with Gasteiger partial charge in [-0.2, -0.15) is 13.2 Å². The van der Waals surface area contributed by atoms with Crippen LogP contribution in [0.3, 0.4) is 0 Å². The largest absolute Gasteiger partial charge is 0.468 e. The third-order valence-electron chi connectivity index (χ3n) is 4.37. The van der Waals surface area contributed by atoms with Crippen LogP contribution in [-0.2, 0) is 6.54 Å². The van der Waals surface area contributed by atoms with Crippen molar-refractivity contribution in [3.63, 3.8) is 0 Å². The van der Waals surface area contributed by atoms with Crippen LogP contribution >= 0.6 is 0 Å². The first kappa shape index (κ1) is 21.6. The summed E-state index contributed by atoms with van der Waals surface area (Å²) in [5.74, 6) is 1.33. The third kappa shape index (κ3) is 6.19. The smallest absolute Gasteiger partial charge is 0.422 e. The highest BCUT2D eigenvalue weighted by molar-refractivity contribution is 5.80. The second kappa shape index (κ2) is 10.1. The van der Waals surface area contributed by atoms with Crippen LogP contribution in [0.25, 0.3) is 0 Å². The minimum atomic E-state index is -4.42. The van der Waals surface area contributed by atoms with Gasteiger partial charge < -0.3 is 19.9 Å². The number of alkyl halides is 3. The lowest BCUT2D eigenvalue weighted by molar-refractivity contribution is -0.154. The van der Waals surface area contributed by atoms with Gasteiger partial charge in [-0.3, -0.25) is 0 Å². The fourth-order valence-electron chi connectivity index (χ4n) is 2.98. The van der Waals surface area contributed by atoms with Gasteiger partial charge >= 0.3 is 6.18 Å². The van der Waals surface area contributed by atoms with Crippen LogP contribution in [-0.4, -0.2) is 71.3 Å². The zero-order valence-corrected chi connectivity index (χ0v) is 16.6. The molecule has 0 atom stereocenters. The molecular weight excluding hydrogens is 399 g/mol. The van der Waals surface area contributed by atoms with Gasteiger partial charge in [-0.1, -0.05) is 6.07 Å². The molecule has 1 saturated heterocycles. The summed E-state index contributed by atoms with van der Waals surface area (Å²) in [4.78, 5) is 21.3. The van der Waals surface area contributed by atoms with Gasteiger partial charge in [-0.15, -0.1) is 0 Å². The molecule has 162 valence electrons. The molecule has 0 amide bonds. The van der Waals surface area contributed by atoms with Crippen molar-refractivity contribution in [3.8, 4) is 5.88 Å². The highest BCUT2D eigenvalue weighted by Crippen LogP contribution is 2.20. The van der Waals surface area contributed by atoms with Gasteiger partial charge in [0.25, 0.3) is 0 Å². The van der Waals surface area contributed by atoms with Crippen molar-refractivity contribution in [2.45, 2.75) is 19.6 Å². The summed E-state index contributed by atoms with van der Waals surface area (Å²) >= 11 is 0. The Balaban J connectivity index is 1.64. The van der Waals surface area contributed by atoms with Gasteiger partial charge in [0.2, 0.25) is 11.8 Å². The molecule has 8 nitrogen and oxygen atoms in total. The Morgan fingerprint density at radius 3 is 2.47 bits per heavy atom. The third-order valence-corrected chi connectivity index (χ3v) is 4.37. The lowest BCUT2D eigenvalue weighted by atomic mass is 10.2. The highest BCUT2D eigenvalue weighted by Gasteiger charge is 2.29. The van der Waals surface area contributed by atoms with E-state index in [1.165, 1.54) is 6.20 Å². The van der Waals surface area contributed by atoms with Gasteiger partial charge in [-0.25, -0.2) is 19.9 Å². The van der Waals surface area contributed by atoms with Crippen molar-refractivity contribution in [3.05, 3.63) is 42.4 Å². The molecule has 0 aliphatic carbocycles. The summed E-state index contributed by atoms with van der Waals surface area (Å²) in [6.45, 7) is 4.32. The number of anilines is 1. The summed E-state index contributed by atoms with van der Waals surface area (Å²) in [5, 5.41) is 3.24. The molecule has 2 aromatic rings. The molecule has 2 aromatic heterocycles. The van der Waals surface area contributed by atoms with Crippen LogP contribution in [0.1, 0.15) is 12.5 Å². The number of nitrogens with zero attached hydrogens (tertiary/aromatic N) is 6. The maximum atomic E-state index is 12.5. The number of hydrogen-bond acceptors (Lipinski definition) is 6. The summed E-state index contributed by atoms with van der Waals surface area (Å²) < 4.78 is 42.3. The van der Waals surface area contributed by atoms with Crippen molar-refractivity contribution in [2.24, 2.45) is 4.99 Å². The van der Waals surface area contributed by atoms with E-state index in [1.807, 2.05) is 6.92 Å². The first-order valence-corrected chi connectivity index (χ1v) is 9.65. The van der Waals surface area contributed by atoms with Gasteiger partial charge in [0, 0.05) is 56.9 Å². The van der Waals surface area contributed by atoms with E-state index in [0.29, 0.717) is 37.1 Å². The normalized spacial score (nSPS) is 15.3. The van der Waals surface area contributed by atoms with E-state index in [4.69, 9.17) is 4.74 Å². The first-order valence-electron chi connectivity index (χ1n) is 9.65. The van der Waals surface area contributed by atoms with Crippen LogP contribution in [0.2, 0.25) is 0 Å². The van der Waals surface area contributed by atoms with Crippen LogP contribution in [0.5, 0.6) is 5.88 Å². The molecule has 3 heterocycles. The zero-order chi connectivity index (χ0) is 21.4. The van der Waals surface area contributed by atoms with E-state index in [-0.39, 0.29) is 12.4 Å². The Morgan fingerprint density at radius 2 is 1.80 bits per heavy atom. The SMILES string of the molecule is CCNC(=NCc1cccnc1OCC(F)(F)F)N1CCN(c2ncccn2)CC1. The molecule has 1 aliphatic rings. The lowest BCUT2D eigenvalue weighted by Gasteiger charge is -2.36. The summed E-state index contributed by atoms with van der Waals surface area (Å²) in [6.07, 6.45) is 0.406. The minimum Gasteiger partial charge on any atom is -0.468 e. The van der Waals surface area contributed by atoms with E-state index in [1.54, 1.807) is 30.6 Å². The van der Waals surface area contributed by atoms with Crippen LogP contribution in [0.15, 0.2) is 41.8 Å². The van der Waals surface area contributed by atoms with Crippen LogP contribution in [0.4, 0.5) is 19.1 Å². The Kier molecular flexibility index (Phi) is 7.26. The fraction of sp³-hybridized carbons (Fsp3) is 0.474. The average molecular weight is 423 g/mol. The predicted molar refractivity (Wildman–Crippen MR) is 106 cm³/mol. The molecule has 0 unspecified atom stereocenters. The monoisotopic (exact) mass is 423 g/mol. The first-order chi connectivity index (χ1) is 14.5. The molecule has 0 spiro atoms. The van der Waals surface area contributed by atoms with E-state index in [0.717, 1.165) is 13.1 Å². The van der Waals surface area contributed by atoms with Gasteiger partial charge in [0.15, 0.2) is 12.6 Å². The number of ether oxygens (including phenoxy) is 1. The molecule has 11 heteroatoms. The van der Waals surface area contributed by atoms with Crippen LogP contribution in [0, 0.1) is 0 Å². The van der Waals surface area contributed by atoms with E-state index >= 15 is 0 Å². The number of guanidine groups is 1. The van der Waals surface area contributed by atoms with E-state index in [9.17, 15) is 13.2 Å². The van der Waals surface area contributed by atoms with Gasteiger partial charge in [0.1, 0.15) is 0 Å². The van der Waals surface area contributed by atoms with Crippen molar-refractivity contribution in [2.75, 3.05) is 44.2 Å². The lowest BCUT2D eigenvalue weighted by Crippen LogP contribution is -2.53. The number of rotatable bonds is 6. The number of aromatic nitrogens is 3. The topological polar surface area (TPSA) is 78.8 Å².